The molecule has 0 aliphatic carbocycles. The molecule has 2 unspecified atom stereocenters. The molecule has 2 heteroatoms. The van der Waals surface area contributed by atoms with Gasteiger partial charge in [0.1, 0.15) is 0 Å². The largest absolute Gasteiger partial charge is 0.274 e. The van der Waals surface area contributed by atoms with E-state index in [4.69, 9.17) is 0 Å². The van der Waals surface area contributed by atoms with Crippen LogP contribution >= 0.6 is 8.46 Å². The topological polar surface area (TPSA) is 17.1 Å². The van der Waals surface area contributed by atoms with Crippen LogP contribution < -0.4 is 0 Å². The summed E-state index contributed by atoms with van der Waals surface area (Å²) in [4.78, 5) is 0. The Kier molecular flexibility index (Phi) is 12.9. The molecule has 0 fully saturated rings. The van der Waals surface area contributed by atoms with Crippen molar-refractivity contribution in [1.29, 1.82) is 0 Å². The fourth-order valence-electron chi connectivity index (χ4n) is 3.07. The van der Waals surface area contributed by atoms with Gasteiger partial charge in [-0.05, 0) is 18.8 Å². The summed E-state index contributed by atoms with van der Waals surface area (Å²) in [6.07, 6.45) is 15.2. The van der Waals surface area contributed by atoms with Crippen LogP contribution in [-0.4, -0.2) is 5.16 Å². The van der Waals surface area contributed by atoms with Crippen LogP contribution in [0.15, 0.2) is 0 Å². The van der Waals surface area contributed by atoms with Gasteiger partial charge in [-0.1, -0.05) is 91.9 Å². The van der Waals surface area contributed by atoms with Crippen LogP contribution in [0.2, 0.25) is 0 Å². The van der Waals surface area contributed by atoms with E-state index in [2.05, 4.69) is 27.7 Å². The molecule has 0 aliphatic rings. The smallest absolute Gasteiger partial charge is 0.162 e. The summed E-state index contributed by atoms with van der Waals surface area (Å²) in [5.74, 6) is 0.578. The Bertz CT molecular complexity index is 229. The molecule has 0 amide bonds. The summed E-state index contributed by atoms with van der Waals surface area (Å²) in [6.45, 7) is 9.05. The first-order valence-electron chi connectivity index (χ1n) is 9.01. The van der Waals surface area contributed by atoms with Crippen molar-refractivity contribution in [2.45, 2.75) is 110 Å². The molecule has 0 rings (SSSR count). The quantitative estimate of drug-likeness (QED) is 0.241. The van der Waals surface area contributed by atoms with E-state index in [1.807, 2.05) is 0 Å². The number of hydrogen-bond acceptors (Lipinski definition) is 1. The Morgan fingerprint density at radius 2 is 1.25 bits per heavy atom. The van der Waals surface area contributed by atoms with Gasteiger partial charge in [-0.15, -0.1) is 0 Å². The Morgan fingerprint density at radius 1 is 0.800 bits per heavy atom. The first-order valence-corrected chi connectivity index (χ1v) is 9.82. The zero-order valence-corrected chi connectivity index (χ0v) is 15.3. The fraction of sp³-hybridized carbons (Fsp3) is 1.00. The third-order valence-corrected chi connectivity index (χ3v) is 6.14. The molecule has 0 saturated carbocycles. The molecule has 0 spiro atoms. The first kappa shape index (κ1) is 20.1. The summed E-state index contributed by atoms with van der Waals surface area (Å²) >= 11 is 0. The van der Waals surface area contributed by atoms with Crippen molar-refractivity contribution in [1.82, 2.24) is 0 Å². The van der Waals surface area contributed by atoms with Crippen LogP contribution in [0.5, 0.6) is 0 Å². The van der Waals surface area contributed by atoms with Crippen molar-refractivity contribution in [2.24, 2.45) is 5.92 Å². The van der Waals surface area contributed by atoms with Crippen LogP contribution in [0.4, 0.5) is 0 Å². The van der Waals surface area contributed by atoms with E-state index < -0.39 is 0 Å². The van der Waals surface area contributed by atoms with Crippen LogP contribution in [0, 0.1) is 5.92 Å². The van der Waals surface area contributed by atoms with Gasteiger partial charge in [0.25, 0.3) is 0 Å². The first-order chi connectivity index (χ1) is 9.66. The monoisotopic (exact) mass is 300 g/mol. The van der Waals surface area contributed by atoms with E-state index in [1.54, 1.807) is 0 Å². The molecule has 0 saturated heterocycles. The molecule has 0 bridgehead atoms. The lowest BCUT2D eigenvalue weighted by atomic mass is 9.82. The third-order valence-electron chi connectivity index (χ3n) is 4.89. The maximum atomic E-state index is 11.9. The molecule has 0 heterocycles. The highest BCUT2D eigenvalue weighted by atomic mass is 31.1. The van der Waals surface area contributed by atoms with E-state index in [0.29, 0.717) is 14.4 Å². The lowest BCUT2D eigenvalue weighted by Crippen LogP contribution is -2.30. The molecule has 0 aliphatic heterocycles. The molecule has 120 valence electrons. The van der Waals surface area contributed by atoms with Crippen molar-refractivity contribution < 1.29 is 4.57 Å². The normalized spacial score (nSPS) is 16.2. The highest BCUT2D eigenvalue weighted by molar-refractivity contribution is 7.26. The van der Waals surface area contributed by atoms with Crippen LogP contribution in [0.1, 0.15) is 105 Å². The molecular formula is C18H37OP. The average Bonchev–Trinajstić information content (AvgIpc) is 2.48. The Morgan fingerprint density at radius 3 is 1.65 bits per heavy atom. The zero-order chi connectivity index (χ0) is 15.3. The molecule has 0 aromatic heterocycles. The second kappa shape index (κ2) is 12.8. The van der Waals surface area contributed by atoms with E-state index in [0.717, 1.165) is 19.3 Å². The fourth-order valence-corrected chi connectivity index (χ4v) is 3.93. The predicted octanol–water partition coefficient (Wildman–Crippen LogP) is 7.39. The average molecular weight is 300 g/mol. The number of rotatable bonds is 14. The van der Waals surface area contributed by atoms with Crippen LogP contribution in [0.3, 0.4) is 0 Å². The van der Waals surface area contributed by atoms with Crippen molar-refractivity contribution >= 4 is 8.46 Å². The van der Waals surface area contributed by atoms with Gasteiger partial charge < -0.3 is 0 Å². The highest BCUT2D eigenvalue weighted by Gasteiger charge is 2.35. The van der Waals surface area contributed by atoms with Crippen LogP contribution in [-0.2, 0) is 4.57 Å². The van der Waals surface area contributed by atoms with E-state index >= 15 is 0 Å². The van der Waals surface area contributed by atoms with Gasteiger partial charge in [-0.2, -0.15) is 0 Å². The predicted molar refractivity (Wildman–Crippen MR) is 91.9 cm³/mol. The minimum atomic E-state index is 0.0642. The lowest BCUT2D eigenvalue weighted by molar-refractivity contribution is 0.318. The second-order valence-corrected chi connectivity index (χ2v) is 7.55. The third kappa shape index (κ3) is 7.77. The Balaban J connectivity index is 4.32. The van der Waals surface area contributed by atoms with Gasteiger partial charge in [0.05, 0.1) is 5.16 Å². The Hall–Kier alpha value is 0.100. The minimum absolute atomic E-state index is 0.0642. The summed E-state index contributed by atoms with van der Waals surface area (Å²) in [6, 6.07) is 0. The molecule has 2 atom stereocenters. The molecule has 1 nitrogen and oxygen atoms in total. The van der Waals surface area contributed by atoms with Crippen molar-refractivity contribution in [3.63, 3.8) is 0 Å². The van der Waals surface area contributed by atoms with Crippen molar-refractivity contribution in [2.75, 3.05) is 0 Å². The van der Waals surface area contributed by atoms with Crippen LogP contribution in [0.25, 0.3) is 0 Å². The van der Waals surface area contributed by atoms with Gasteiger partial charge in [-0.25, -0.2) is 0 Å². The highest BCUT2D eigenvalue weighted by Crippen LogP contribution is 2.43. The van der Waals surface area contributed by atoms with Gasteiger partial charge >= 0.3 is 0 Å². The van der Waals surface area contributed by atoms with Gasteiger partial charge in [0, 0.05) is 0 Å². The molecular weight excluding hydrogens is 263 g/mol. The lowest BCUT2D eigenvalue weighted by Gasteiger charge is -2.33. The molecule has 0 aromatic rings. The van der Waals surface area contributed by atoms with Crippen molar-refractivity contribution in [3.05, 3.63) is 0 Å². The maximum Gasteiger partial charge on any atom is 0.162 e. The molecule has 0 N–H and O–H groups in total. The number of hydrogen-bond donors (Lipinski definition) is 0. The second-order valence-electron chi connectivity index (χ2n) is 6.48. The SMILES string of the molecule is CCCCCCCC(CCCCCC)(P=O)C(C)CC. The number of unbranched alkanes of at least 4 members (excludes halogenated alkanes) is 7. The minimum Gasteiger partial charge on any atom is -0.274 e. The maximum absolute atomic E-state index is 11.9. The molecule has 0 radical (unpaired) electrons. The summed E-state index contributed by atoms with van der Waals surface area (Å²) < 4.78 is 11.9. The van der Waals surface area contributed by atoms with Gasteiger partial charge in [0.2, 0.25) is 0 Å². The summed E-state index contributed by atoms with van der Waals surface area (Å²) in [5, 5.41) is 0.0642. The Labute approximate surface area is 129 Å². The zero-order valence-electron chi connectivity index (χ0n) is 14.4. The summed E-state index contributed by atoms with van der Waals surface area (Å²) in [5.41, 5.74) is 0. The van der Waals surface area contributed by atoms with Gasteiger partial charge in [0.15, 0.2) is 8.46 Å². The summed E-state index contributed by atoms with van der Waals surface area (Å²) in [7, 11) is 0.401. The van der Waals surface area contributed by atoms with E-state index in [1.165, 1.54) is 57.8 Å². The molecule has 20 heavy (non-hydrogen) atoms. The van der Waals surface area contributed by atoms with Crippen molar-refractivity contribution in [3.8, 4) is 0 Å². The molecule has 0 aromatic carbocycles. The standard InChI is InChI=1S/C18H37OP/c1-5-8-10-12-14-16-18(20-19,17(4)7-3)15-13-11-9-6-2/h17H,5-16H2,1-4H3. The van der Waals surface area contributed by atoms with Gasteiger partial charge in [-0.3, -0.25) is 4.57 Å². The van der Waals surface area contributed by atoms with E-state index in [-0.39, 0.29) is 5.16 Å². The van der Waals surface area contributed by atoms with E-state index in [9.17, 15) is 4.57 Å².